The first-order valence-electron chi connectivity index (χ1n) is 13.7. The van der Waals surface area contributed by atoms with Crippen molar-refractivity contribution < 1.29 is 9.47 Å². The predicted octanol–water partition coefficient (Wildman–Crippen LogP) is 5.91. The number of fused-ring (bicyclic) bond motifs is 1. The van der Waals surface area contributed by atoms with Crippen molar-refractivity contribution in [1.29, 1.82) is 0 Å². The van der Waals surface area contributed by atoms with Crippen molar-refractivity contribution in [3.8, 4) is 28.4 Å². The molecule has 3 aromatic heterocycles. The minimum atomic E-state index is -0.220. The number of hydrogen-bond donors (Lipinski definition) is 0. The van der Waals surface area contributed by atoms with E-state index in [2.05, 4.69) is 10.1 Å². The summed E-state index contributed by atoms with van der Waals surface area (Å²) in [7, 11) is 0. The van der Waals surface area contributed by atoms with Gasteiger partial charge in [0.15, 0.2) is 5.82 Å². The topological polar surface area (TPSA) is 83.5 Å². The Balaban J connectivity index is 1.34. The van der Waals surface area contributed by atoms with E-state index in [1.165, 1.54) is 15.9 Å². The summed E-state index contributed by atoms with van der Waals surface area (Å²) in [5.74, 6) is 2.09. The summed E-state index contributed by atoms with van der Waals surface area (Å²) in [6.45, 7) is 6.57. The molecule has 8 nitrogen and oxygen atoms in total. The second kappa shape index (κ2) is 11.8. The van der Waals surface area contributed by atoms with E-state index in [0.29, 0.717) is 21.9 Å². The van der Waals surface area contributed by atoms with Crippen molar-refractivity contribution in [2.75, 3.05) is 6.61 Å². The zero-order chi connectivity index (χ0) is 29.1. The minimum Gasteiger partial charge on any atom is -0.494 e. The second-order valence-electron chi connectivity index (χ2n) is 9.82. The normalized spacial score (nSPS) is 12.1. The third kappa shape index (κ3) is 5.87. The van der Waals surface area contributed by atoms with E-state index in [9.17, 15) is 4.79 Å². The Labute approximate surface area is 246 Å². The first-order valence-corrected chi connectivity index (χ1v) is 14.5. The molecule has 3 heterocycles. The van der Waals surface area contributed by atoms with Gasteiger partial charge in [-0.1, -0.05) is 47.7 Å². The average Bonchev–Trinajstić information content (AvgIpc) is 3.68. The lowest BCUT2D eigenvalue weighted by atomic mass is 10.1. The molecule has 0 amide bonds. The van der Waals surface area contributed by atoms with Crippen LogP contribution in [0.1, 0.15) is 37.7 Å². The van der Waals surface area contributed by atoms with Crippen molar-refractivity contribution in [2.24, 2.45) is 0 Å². The maximum absolute atomic E-state index is 13.3. The summed E-state index contributed by atoms with van der Waals surface area (Å²) in [5, 5.41) is 9.32. The van der Waals surface area contributed by atoms with Crippen LogP contribution in [-0.4, -0.2) is 37.1 Å². The standard InChI is InChI=1S/C33H29N5O3S/c1-4-40-27-15-10-23(11-16-27)12-19-30-34-33-38(35-30)32(39)29(42-33)20-25-21-37(26-8-6-5-7-9-26)36-31(25)24-13-17-28(18-14-24)41-22(2)3/h5-22H,4H2,1-3H3/b19-12+,29-20-. The number of ether oxygens (including phenoxy) is 2. The number of benzene rings is 3. The quantitative estimate of drug-likeness (QED) is 0.213. The van der Waals surface area contributed by atoms with E-state index >= 15 is 0 Å². The van der Waals surface area contributed by atoms with Gasteiger partial charge in [0, 0.05) is 17.3 Å². The van der Waals surface area contributed by atoms with Crippen molar-refractivity contribution >= 4 is 34.5 Å². The molecule has 0 saturated carbocycles. The monoisotopic (exact) mass is 575 g/mol. The Morgan fingerprint density at radius 1 is 0.905 bits per heavy atom. The van der Waals surface area contributed by atoms with Gasteiger partial charge in [0.25, 0.3) is 5.56 Å². The van der Waals surface area contributed by atoms with Gasteiger partial charge in [-0.3, -0.25) is 4.79 Å². The van der Waals surface area contributed by atoms with Gasteiger partial charge in [0.1, 0.15) is 17.2 Å². The Kier molecular flexibility index (Phi) is 7.66. The van der Waals surface area contributed by atoms with Gasteiger partial charge in [-0.25, -0.2) is 4.68 Å². The van der Waals surface area contributed by atoms with Crippen molar-refractivity contribution in [3.63, 3.8) is 0 Å². The minimum absolute atomic E-state index is 0.0852. The summed E-state index contributed by atoms with van der Waals surface area (Å²) in [6, 6.07) is 25.5. The van der Waals surface area contributed by atoms with Gasteiger partial charge >= 0.3 is 0 Å². The summed E-state index contributed by atoms with van der Waals surface area (Å²) in [4.78, 5) is 18.5. The summed E-state index contributed by atoms with van der Waals surface area (Å²) >= 11 is 1.30. The maximum atomic E-state index is 13.3. The third-order valence-corrected chi connectivity index (χ3v) is 7.32. The Morgan fingerprint density at radius 2 is 1.64 bits per heavy atom. The van der Waals surface area contributed by atoms with Crippen LogP contribution < -0.4 is 19.6 Å². The van der Waals surface area contributed by atoms with Gasteiger partial charge in [-0.2, -0.15) is 14.6 Å². The van der Waals surface area contributed by atoms with E-state index in [1.807, 2.05) is 123 Å². The number of rotatable bonds is 9. The van der Waals surface area contributed by atoms with Gasteiger partial charge in [-0.05, 0) is 87.0 Å². The van der Waals surface area contributed by atoms with E-state index < -0.39 is 0 Å². The molecule has 0 radical (unpaired) electrons. The lowest BCUT2D eigenvalue weighted by molar-refractivity contribution is 0.242. The van der Waals surface area contributed by atoms with Gasteiger partial charge < -0.3 is 9.47 Å². The lowest BCUT2D eigenvalue weighted by Crippen LogP contribution is -2.23. The zero-order valence-corrected chi connectivity index (χ0v) is 24.3. The molecular formula is C33H29N5O3S. The number of nitrogens with zero attached hydrogens (tertiary/aromatic N) is 5. The fourth-order valence-electron chi connectivity index (χ4n) is 4.47. The molecule has 0 aliphatic rings. The fraction of sp³-hybridized carbons (Fsp3) is 0.152. The first kappa shape index (κ1) is 27.2. The molecule has 6 aromatic rings. The van der Waals surface area contributed by atoms with Gasteiger partial charge in [-0.15, -0.1) is 5.10 Å². The SMILES string of the molecule is CCOc1ccc(/C=C/c2nc3s/c(=C\c4cn(-c5ccccc5)nc4-c4ccc(OC(C)C)cc4)c(=O)n3n2)cc1. The van der Waals surface area contributed by atoms with Crippen LogP contribution in [0.5, 0.6) is 11.5 Å². The maximum Gasteiger partial charge on any atom is 0.291 e. The molecule has 3 aromatic carbocycles. The highest BCUT2D eigenvalue weighted by atomic mass is 32.1. The fourth-order valence-corrected chi connectivity index (χ4v) is 5.37. The summed E-state index contributed by atoms with van der Waals surface area (Å²) < 4.78 is 15.0. The molecule has 210 valence electrons. The Morgan fingerprint density at radius 3 is 2.33 bits per heavy atom. The van der Waals surface area contributed by atoms with Crippen LogP contribution >= 0.6 is 11.3 Å². The van der Waals surface area contributed by atoms with Crippen molar-refractivity contribution in [1.82, 2.24) is 24.4 Å². The average molecular weight is 576 g/mol. The van der Waals surface area contributed by atoms with Crippen LogP contribution in [0.15, 0.2) is 89.9 Å². The molecule has 0 aliphatic carbocycles. The lowest BCUT2D eigenvalue weighted by Gasteiger charge is -2.09. The van der Waals surface area contributed by atoms with Crippen molar-refractivity contribution in [3.05, 3.63) is 117 Å². The molecule has 0 fully saturated rings. The highest BCUT2D eigenvalue weighted by Gasteiger charge is 2.14. The second-order valence-corrected chi connectivity index (χ2v) is 10.8. The van der Waals surface area contributed by atoms with E-state index in [0.717, 1.165) is 39.6 Å². The molecule has 42 heavy (non-hydrogen) atoms. The molecule has 0 saturated heterocycles. The van der Waals surface area contributed by atoms with Crippen LogP contribution in [0.4, 0.5) is 0 Å². The van der Waals surface area contributed by atoms with E-state index in [1.54, 1.807) is 6.08 Å². The van der Waals surface area contributed by atoms with E-state index in [-0.39, 0.29) is 11.7 Å². The first-order chi connectivity index (χ1) is 20.5. The Bertz CT molecular complexity index is 1950. The molecule has 0 N–H and O–H groups in total. The molecule has 0 atom stereocenters. The predicted molar refractivity (Wildman–Crippen MR) is 167 cm³/mol. The largest absolute Gasteiger partial charge is 0.494 e. The summed E-state index contributed by atoms with van der Waals surface area (Å²) in [5.41, 5.74) is 4.18. The molecule has 0 aliphatic heterocycles. The Hall–Kier alpha value is -5.02. The number of thiazole rings is 1. The molecule has 9 heteroatoms. The molecule has 6 rings (SSSR count). The number of para-hydroxylation sites is 1. The van der Waals surface area contributed by atoms with Crippen LogP contribution in [0.25, 0.3) is 40.1 Å². The number of hydrogen-bond acceptors (Lipinski definition) is 7. The molecule has 0 bridgehead atoms. The van der Waals surface area contributed by atoms with Crippen LogP contribution in [0.2, 0.25) is 0 Å². The van der Waals surface area contributed by atoms with E-state index in [4.69, 9.17) is 14.6 Å². The number of aromatic nitrogens is 5. The van der Waals surface area contributed by atoms with Crippen LogP contribution in [0.3, 0.4) is 0 Å². The van der Waals surface area contributed by atoms with Gasteiger partial charge in [0.05, 0.1) is 22.9 Å². The zero-order valence-electron chi connectivity index (χ0n) is 23.5. The molecule has 0 spiro atoms. The third-order valence-electron chi connectivity index (χ3n) is 6.36. The van der Waals surface area contributed by atoms with Crippen LogP contribution in [0, 0.1) is 0 Å². The van der Waals surface area contributed by atoms with Crippen molar-refractivity contribution in [2.45, 2.75) is 26.9 Å². The molecular weight excluding hydrogens is 546 g/mol. The smallest absolute Gasteiger partial charge is 0.291 e. The highest BCUT2D eigenvalue weighted by molar-refractivity contribution is 7.15. The molecule has 0 unspecified atom stereocenters. The van der Waals surface area contributed by atoms with Crippen LogP contribution in [-0.2, 0) is 0 Å². The van der Waals surface area contributed by atoms with Gasteiger partial charge in [0.2, 0.25) is 4.96 Å². The summed E-state index contributed by atoms with van der Waals surface area (Å²) in [6.07, 6.45) is 7.59. The highest BCUT2D eigenvalue weighted by Crippen LogP contribution is 2.27.